The van der Waals surface area contributed by atoms with Crippen LogP contribution in [0.3, 0.4) is 0 Å². The van der Waals surface area contributed by atoms with Gasteiger partial charge in [-0.3, -0.25) is 10.1 Å². The Kier molecular flexibility index (Phi) is 5.33. The summed E-state index contributed by atoms with van der Waals surface area (Å²) in [6.45, 7) is 7.31. The van der Waals surface area contributed by atoms with E-state index >= 15 is 0 Å². The summed E-state index contributed by atoms with van der Waals surface area (Å²) in [5, 5.41) is 25.2. The van der Waals surface area contributed by atoms with Gasteiger partial charge < -0.3 is 10.6 Å². The molecule has 0 aliphatic carbocycles. The molecule has 0 saturated carbocycles. The van der Waals surface area contributed by atoms with E-state index in [9.17, 15) is 10.1 Å². The number of non-ortho nitro benzene ring substituents is 1. The van der Waals surface area contributed by atoms with Crippen molar-refractivity contribution in [3.63, 3.8) is 0 Å². The molecule has 34 heavy (non-hydrogen) atoms. The summed E-state index contributed by atoms with van der Waals surface area (Å²) in [4.78, 5) is 10.4. The normalized spacial score (nSPS) is 11.9. The van der Waals surface area contributed by atoms with Gasteiger partial charge in [0.15, 0.2) is 5.11 Å². The first-order valence-corrected chi connectivity index (χ1v) is 11.6. The Balaban J connectivity index is 1.44. The summed E-state index contributed by atoms with van der Waals surface area (Å²) in [6.07, 6.45) is 0. The zero-order valence-electron chi connectivity index (χ0n) is 19.3. The number of anilines is 1. The highest BCUT2D eigenvalue weighted by atomic mass is 32.1. The van der Waals surface area contributed by atoms with Crippen LogP contribution < -0.4 is 10.6 Å². The van der Waals surface area contributed by atoms with Crippen LogP contribution in [0.5, 0.6) is 0 Å². The van der Waals surface area contributed by atoms with Crippen molar-refractivity contribution in [1.29, 1.82) is 0 Å². The molecule has 0 fully saturated rings. The van der Waals surface area contributed by atoms with Crippen LogP contribution in [0.25, 0.3) is 32.3 Å². The average molecular weight is 468 g/mol. The number of hydrogen-bond acceptors (Lipinski definition) is 3. The van der Waals surface area contributed by atoms with E-state index in [0.717, 1.165) is 5.56 Å². The number of nitro groups is 1. The first kappa shape index (κ1) is 22.0. The molecule has 0 amide bonds. The zero-order chi connectivity index (χ0) is 24.0. The summed E-state index contributed by atoms with van der Waals surface area (Å²) in [5.74, 6) is 0. The molecule has 0 atom stereocenters. The van der Waals surface area contributed by atoms with Gasteiger partial charge in [0, 0.05) is 24.4 Å². The van der Waals surface area contributed by atoms with Crippen molar-refractivity contribution >= 4 is 61.0 Å². The molecule has 0 unspecified atom stereocenters. The minimum atomic E-state index is -0.418. The molecular weight excluding hydrogens is 442 g/mol. The molecule has 0 heterocycles. The van der Waals surface area contributed by atoms with Crippen LogP contribution in [-0.4, -0.2) is 10.0 Å². The molecule has 5 aromatic rings. The summed E-state index contributed by atoms with van der Waals surface area (Å²) in [6, 6.07) is 24.0. The van der Waals surface area contributed by atoms with Gasteiger partial charge in [0.05, 0.1) is 4.92 Å². The lowest BCUT2D eigenvalue weighted by Gasteiger charge is -2.22. The van der Waals surface area contributed by atoms with Gasteiger partial charge in [-0.1, -0.05) is 69.3 Å². The van der Waals surface area contributed by atoms with Crippen molar-refractivity contribution in [2.75, 3.05) is 5.32 Å². The second kappa shape index (κ2) is 8.22. The third-order valence-corrected chi connectivity index (χ3v) is 6.58. The maximum Gasteiger partial charge on any atom is 0.269 e. The Bertz CT molecular complexity index is 1530. The standard InChI is InChI=1S/C28H25N3O2S/c1-28(2,3)21-14-18-6-4-17-5-7-20(24-13-8-19(15-21)25(18)26(17)24)16-29-27(34)30-22-9-11-23(12-10-22)31(32)33/h4-15H,16H2,1-3H3,(H2,29,30,34). The van der Waals surface area contributed by atoms with Crippen LogP contribution in [0, 0.1) is 10.1 Å². The molecule has 5 nitrogen and oxygen atoms in total. The predicted octanol–water partition coefficient (Wildman–Crippen LogP) is 7.28. The highest BCUT2D eigenvalue weighted by Gasteiger charge is 2.17. The van der Waals surface area contributed by atoms with Crippen molar-refractivity contribution in [2.24, 2.45) is 0 Å². The largest absolute Gasteiger partial charge is 0.358 e. The molecule has 0 aliphatic heterocycles. The lowest BCUT2D eigenvalue weighted by molar-refractivity contribution is -0.384. The number of rotatable bonds is 4. The monoisotopic (exact) mass is 467 g/mol. The van der Waals surface area contributed by atoms with E-state index in [1.165, 1.54) is 50.0 Å². The number of nitrogens with zero attached hydrogens (tertiary/aromatic N) is 1. The average Bonchev–Trinajstić information content (AvgIpc) is 2.81. The highest BCUT2D eigenvalue weighted by Crippen LogP contribution is 2.38. The fourth-order valence-electron chi connectivity index (χ4n) is 4.48. The molecule has 0 aromatic heterocycles. The SMILES string of the molecule is CC(C)(C)c1cc2ccc3ccc(CNC(=S)Nc4ccc([N+](=O)[O-])cc4)c4ccc(c1)c2c34. The van der Waals surface area contributed by atoms with E-state index in [-0.39, 0.29) is 11.1 Å². The third kappa shape index (κ3) is 4.01. The summed E-state index contributed by atoms with van der Waals surface area (Å²) in [5.41, 5.74) is 3.34. The van der Waals surface area contributed by atoms with Crippen molar-refractivity contribution in [2.45, 2.75) is 32.7 Å². The first-order chi connectivity index (χ1) is 16.2. The lowest BCUT2D eigenvalue weighted by Crippen LogP contribution is -2.27. The van der Waals surface area contributed by atoms with Crippen molar-refractivity contribution < 1.29 is 4.92 Å². The number of hydrogen-bond donors (Lipinski definition) is 2. The summed E-state index contributed by atoms with van der Waals surface area (Å²) >= 11 is 5.46. The van der Waals surface area contributed by atoms with Gasteiger partial charge in [-0.25, -0.2) is 0 Å². The van der Waals surface area contributed by atoms with Gasteiger partial charge in [0.2, 0.25) is 0 Å². The van der Waals surface area contributed by atoms with Crippen LogP contribution in [0.2, 0.25) is 0 Å². The second-order valence-electron chi connectivity index (χ2n) is 9.66. The molecule has 0 spiro atoms. The van der Waals surface area contributed by atoms with E-state index in [0.29, 0.717) is 17.3 Å². The maximum absolute atomic E-state index is 10.8. The first-order valence-electron chi connectivity index (χ1n) is 11.2. The number of benzene rings is 5. The molecule has 170 valence electrons. The van der Waals surface area contributed by atoms with E-state index in [2.05, 4.69) is 79.9 Å². The zero-order valence-corrected chi connectivity index (χ0v) is 20.1. The molecule has 2 N–H and O–H groups in total. The van der Waals surface area contributed by atoms with Gasteiger partial charge >= 0.3 is 0 Å². The molecule has 0 aliphatic rings. The van der Waals surface area contributed by atoms with Gasteiger partial charge in [0.1, 0.15) is 0 Å². The second-order valence-corrected chi connectivity index (χ2v) is 10.1. The molecule has 0 saturated heterocycles. The molecule has 0 bridgehead atoms. The Labute approximate surface area is 203 Å². The van der Waals surface area contributed by atoms with Crippen molar-refractivity contribution in [3.05, 3.63) is 94.0 Å². The van der Waals surface area contributed by atoms with E-state index in [1.54, 1.807) is 12.1 Å². The van der Waals surface area contributed by atoms with Crippen molar-refractivity contribution in [3.8, 4) is 0 Å². The van der Waals surface area contributed by atoms with E-state index in [4.69, 9.17) is 12.2 Å². The molecule has 0 radical (unpaired) electrons. The van der Waals surface area contributed by atoms with Crippen LogP contribution in [0.15, 0.2) is 72.8 Å². The summed E-state index contributed by atoms with van der Waals surface area (Å²) in [7, 11) is 0. The molecule has 5 aromatic carbocycles. The molecular formula is C28H25N3O2S. The van der Waals surface area contributed by atoms with Crippen LogP contribution >= 0.6 is 12.2 Å². The predicted molar refractivity (Wildman–Crippen MR) is 145 cm³/mol. The summed E-state index contributed by atoms with van der Waals surface area (Å²) < 4.78 is 0. The van der Waals surface area contributed by atoms with E-state index < -0.39 is 4.92 Å². The Morgan fingerprint density at radius 1 is 0.882 bits per heavy atom. The van der Waals surface area contributed by atoms with Gasteiger partial charge in [-0.15, -0.1) is 0 Å². The number of nitro benzene ring substituents is 1. The minimum Gasteiger partial charge on any atom is -0.358 e. The van der Waals surface area contributed by atoms with E-state index in [1.807, 2.05) is 0 Å². The fourth-order valence-corrected chi connectivity index (χ4v) is 4.67. The van der Waals surface area contributed by atoms with Gasteiger partial charge in [-0.2, -0.15) is 0 Å². The highest BCUT2D eigenvalue weighted by molar-refractivity contribution is 7.80. The fraction of sp³-hybridized carbons (Fsp3) is 0.179. The Morgan fingerprint density at radius 3 is 2.15 bits per heavy atom. The molecule has 5 rings (SSSR count). The Morgan fingerprint density at radius 2 is 1.50 bits per heavy atom. The van der Waals surface area contributed by atoms with Crippen LogP contribution in [-0.2, 0) is 12.0 Å². The van der Waals surface area contributed by atoms with Gasteiger partial charge in [0.25, 0.3) is 5.69 Å². The Hall–Kier alpha value is -3.77. The van der Waals surface area contributed by atoms with Crippen LogP contribution in [0.1, 0.15) is 31.9 Å². The van der Waals surface area contributed by atoms with Crippen molar-refractivity contribution in [1.82, 2.24) is 5.32 Å². The van der Waals surface area contributed by atoms with Crippen LogP contribution in [0.4, 0.5) is 11.4 Å². The quantitative estimate of drug-likeness (QED) is 0.126. The minimum absolute atomic E-state index is 0.0488. The number of thiocarbonyl (C=S) groups is 1. The number of nitrogens with one attached hydrogen (secondary N) is 2. The topological polar surface area (TPSA) is 67.2 Å². The lowest BCUT2D eigenvalue weighted by atomic mass is 9.83. The van der Waals surface area contributed by atoms with Gasteiger partial charge in [-0.05, 0) is 73.2 Å². The smallest absolute Gasteiger partial charge is 0.269 e. The molecule has 6 heteroatoms. The third-order valence-electron chi connectivity index (χ3n) is 6.33. The maximum atomic E-state index is 10.8.